The summed E-state index contributed by atoms with van der Waals surface area (Å²) in [6.07, 6.45) is 0. The molecule has 0 aliphatic carbocycles. The van der Waals surface area contributed by atoms with Gasteiger partial charge in [-0.25, -0.2) is 0 Å². The maximum absolute atomic E-state index is 7.94. The smallest absolute Gasteiger partial charge is 0.187 e. The molecule has 0 aromatic rings. The first kappa shape index (κ1) is 10.2. The molecule has 4 heteroatoms. The van der Waals surface area contributed by atoms with Gasteiger partial charge in [-0.05, 0) is 0 Å². The van der Waals surface area contributed by atoms with Crippen molar-refractivity contribution < 1.29 is 8.17 Å². The highest BCUT2D eigenvalue weighted by Gasteiger charge is 1.69. The van der Waals surface area contributed by atoms with E-state index in [1.165, 1.54) is 0 Å². The molecule has 0 fully saturated rings. The quantitative estimate of drug-likeness (QED) is 0.483. The largest absolute Gasteiger partial charge is 0.394 e. The number of hydrogen-bond donors (Lipinski definition) is 1. The molecule has 0 saturated heterocycles. The summed E-state index contributed by atoms with van der Waals surface area (Å²) in [5.41, 5.74) is 0. The van der Waals surface area contributed by atoms with Crippen LogP contribution in [0.5, 0.6) is 0 Å². The first-order valence-corrected chi connectivity index (χ1v) is 2.14. The molecular formula is C2H8AlIO2. The van der Waals surface area contributed by atoms with Crippen molar-refractivity contribution in [1.29, 1.82) is 0 Å². The van der Waals surface area contributed by atoms with E-state index in [1.807, 2.05) is 0 Å². The third-order valence-corrected chi connectivity index (χ3v) is 0.609. The van der Waals surface area contributed by atoms with Crippen LogP contribution in [-0.2, 0) is 3.07 Å². The molecule has 0 aromatic carbocycles. The van der Waals surface area contributed by atoms with Crippen LogP contribution < -0.4 is 0 Å². The van der Waals surface area contributed by atoms with Gasteiger partial charge in [0.15, 0.2) is 17.4 Å². The minimum absolute atomic E-state index is 0. The summed E-state index contributed by atoms with van der Waals surface area (Å²) < 4.78 is 4.41. The van der Waals surface area contributed by atoms with E-state index in [2.05, 4.69) is 3.07 Å². The molecule has 0 unspecified atom stereocenters. The van der Waals surface area contributed by atoms with Crippen LogP contribution in [0.4, 0.5) is 0 Å². The lowest BCUT2D eigenvalue weighted by atomic mass is 10.8. The van der Waals surface area contributed by atoms with E-state index in [0.717, 1.165) is 0 Å². The minimum atomic E-state index is 0. The zero-order chi connectivity index (χ0) is 4.12. The molecule has 1 N–H and O–H groups in total. The Balaban J connectivity index is 0. The van der Waals surface area contributed by atoms with Gasteiger partial charge in [0.2, 0.25) is 0 Å². The van der Waals surface area contributed by atoms with Gasteiger partial charge in [0.1, 0.15) is 23.0 Å². The second-order valence-electron chi connectivity index (χ2n) is 0.537. The molecule has 0 amide bonds. The molecule has 0 saturated carbocycles. The Bertz CT molecular complexity index is 19.0. The summed E-state index contributed by atoms with van der Waals surface area (Å²) in [7, 11) is 0. The van der Waals surface area contributed by atoms with Crippen molar-refractivity contribution in [3.05, 3.63) is 0 Å². The maximum atomic E-state index is 7.94. The van der Waals surface area contributed by atoms with Crippen LogP contribution in [0.3, 0.4) is 0 Å². The van der Waals surface area contributed by atoms with E-state index in [9.17, 15) is 0 Å². The van der Waals surface area contributed by atoms with Gasteiger partial charge >= 0.3 is 0 Å². The fourth-order valence-electron chi connectivity index (χ4n) is 0.0345. The summed E-state index contributed by atoms with van der Waals surface area (Å²) in [4.78, 5) is 0. The molecule has 38 valence electrons. The molecular weight excluding hydrogens is 210 g/mol. The second kappa shape index (κ2) is 9.49. The van der Waals surface area contributed by atoms with Gasteiger partial charge in [0.25, 0.3) is 0 Å². The average Bonchev–Trinajstić information content (AvgIpc) is 1.41. The minimum Gasteiger partial charge on any atom is -0.394 e. The molecule has 0 radical (unpaired) electrons. The molecule has 0 aromatic heterocycles. The van der Waals surface area contributed by atoms with Crippen molar-refractivity contribution in [3.63, 3.8) is 0 Å². The Labute approximate surface area is 61.7 Å². The molecule has 2 nitrogen and oxygen atoms in total. The van der Waals surface area contributed by atoms with Gasteiger partial charge in [-0.1, -0.05) is 0 Å². The zero-order valence-electron chi connectivity index (χ0n) is 2.65. The lowest BCUT2D eigenvalue weighted by Crippen LogP contribution is -1.87. The standard InChI is InChI=1S/C2H5IO2.Al.3H/c3-5-2-1-4;;;;/h4H,1-2H2;;;;. The predicted octanol–water partition coefficient (Wildman–Crippen LogP) is -0.839. The Kier molecular flexibility index (Phi) is 16.2. The maximum Gasteiger partial charge on any atom is 0.187 e. The number of aliphatic hydroxyl groups is 1. The van der Waals surface area contributed by atoms with Gasteiger partial charge < -0.3 is 8.17 Å². The second-order valence-corrected chi connectivity index (χ2v) is 1.16. The summed E-state index contributed by atoms with van der Waals surface area (Å²) in [6, 6.07) is 0. The van der Waals surface area contributed by atoms with Gasteiger partial charge in [0.05, 0.1) is 13.2 Å². The zero-order valence-corrected chi connectivity index (χ0v) is 4.81. The van der Waals surface area contributed by atoms with Crippen LogP contribution in [0.25, 0.3) is 0 Å². The number of hydrogen-bond acceptors (Lipinski definition) is 2. The molecule has 0 aliphatic heterocycles. The highest BCUT2D eigenvalue weighted by molar-refractivity contribution is 14.1. The van der Waals surface area contributed by atoms with Gasteiger partial charge in [-0.15, -0.1) is 0 Å². The first-order chi connectivity index (χ1) is 2.41. The molecule has 0 aliphatic rings. The SMILES string of the molecule is OCCOI.[AlH3]. The third-order valence-electron chi connectivity index (χ3n) is 0.168. The van der Waals surface area contributed by atoms with Gasteiger partial charge in [-0.3, -0.25) is 0 Å². The number of aliphatic hydroxyl groups excluding tert-OH is 1. The fourth-order valence-corrected chi connectivity index (χ4v) is 0.231. The van der Waals surface area contributed by atoms with E-state index < -0.39 is 0 Å². The first-order valence-electron chi connectivity index (χ1n) is 1.26. The molecule has 0 rings (SSSR count). The van der Waals surface area contributed by atoms with Gasteiger partial charge in [-0.2, -0.15) is 0 Å². The summed E-state index contributed by atoms with van der Waals surface area (Å²) in [6.45, 7) is 0.545. The Morgan fingerprint density at radius 1 is 1.67 bits per heavy atom. The predicted molar refractivity (Wildman–Crippen MR) is 37.0 cm³/mol. The van der Waals surface area contributed by atoms with Gasteiger partial charge in [0, 0.05) is 0 Å². The van der Waals surface area contributed by atoms with Crippen molar-refractivity contribution in [2.24, 2.45) is 0 Å². The molecule has 6 heavy (non-hydrogen) atoms. The summed E-state index contributed by atoms with van der Waals surface area (Å²) in [5.74, 6) is 0. The van der Waals surface area contributed by atoms with E-state index in [0.29, 0.717) is 6.61 Å². The Morgan fingerprint density at radius 2 is 2.17 bits per heavy atom. The van der Waals surface area contributed by atoms with Crippen LogP contribution >= 0.6 is 23.0 Å². The number of halogens is 1. The fraction of sp³-hybridized carbons (Fsp3) is 1.00. The molecule has 0 bridgehead atoms. The molecule has 0 atom stereocenters. The van der Waals surface area contributed by atoms with E-state index >= 15 is 0 Å². The summed E-state index contributed by atoms with van der Waals surface area (Å²) >= 11 is 1.73. The Hall–Kier alpha value is 1.18. The van der Waals surface area contributed by atoms with Crippen molar-refractivity contribution in [1.82, 2.24) is 0 Å². The van der Waals surface area contributed by atoms with Crippen molar-refractivity contribution in [3.8, 4) is 0 Å². The monoisotopic (exact) mass is 218 g/mol. The highest BCUT2D eigenvalue weighted by atomic mass is 127. The molecule has 0 heterocycles. The van der Waals surface area contributed by atoms with Crippen molar-refractivity contribution >= 4 is 40.4 Å². The van der Waals surface area contributed by atoms with Crippen LogP contribution in [0.2, 0.25) is 0 Å². The third kappa shape index (κ3) is 8.95. The van der Waals surface area contributed by atoms with E-state index in [1.54, 1.807) is 23.0 Å². The van der Waals surface area contributed by atoms with E-state index in [4.69, 9.17) is 5.11 Å². The lowest BCUT2D eigenvalue weighted by Gasteiger charge is -1.81. The average molecular weight is 218 g/mol. The van der Waals surface area contributed by atoms with Crippen LogP contribution in [0, 0.1) is 0 Å². The summed E-state index contributed by atoms with van der Waals surface area (Å²) in [5, 5.41) is 7.94. The molecule has 0 spiro atoms. The normalized spacial score (nSPS) is 7.00. The van der Waals surface area contributed by atoms with Crippen molar-refractivity contribution in [2.75, 3.05) is 13.2 Å². The Morgan fingerprint density at radius 3 is 2.17 bits per heavy atom. The van der Waals surface area contributed by atoms with Crippen LogP contribution in [-0.4, -0.2) is 35.7 Å². The van der Waals surface area contributed by atoms with E-state index in [-0.39, 0.29) is 24.0 Å². The van der Waals surface area contributed by atoms with Crippen LogP contribution in [0.1, 0.15) is 0 Å². The number of rotatable bonds is 2. The lowest BCUT2D eigenvalue weighted by molar-refractivity contribution is 0.237. The topological polar surface area (TPSA) is 29.5 Å². The van der Waals surface area contributed by atoms with Crippen LogP contribution in [0.15, 0.2) is 0 Å². The highest BCUT2D eigenvalue weighted by Crippen LogP contribution is 1.79. The van der Waals surface area contributed by atoms with Crippen molar-refractivity contribution in [2.45, 2.75) is 0 Å².